The van der Waals surface area contributed by atoms with Crippen molar-refractivity contribution < 1.29 is 14.3 Å². The Labute approximate surface area is 176 Å². The summed E-state index contributed by atoms with van der Waals surface area (Å²) in [6, 6.07) is 9.95. The summed E-state index contributed by atoms with van der Waals surface area (Å²) in [5, 5.41) is 1.26. The highest BCUT2D eigenvalue weighted by atomic mass is 35.5. The molecule has 1 atom stereocenters. The molecule has 1 aliphatic rings. The van der Waals surface area contributed by atoms with Crippen molar-refractivity contribution in [2.45, 2.75) is 12.0 Å². The molecule has 27 heavy (non-hydrogen) atoms. The van der Waals surface area contributed by atoms with Gasteiger partial charge in [-0.2, -0.15) is 0 Å². The van der Waals surface area contributed by atoms with Crippen LogP contribution in [0.4, 0.5) is 0 Å². The van der Waals surface area contributed by atoms with Gasteiger partial charge in [-0.1, -0.05) is 58.5 Å². The number of benzene rings is 2. The lowest BCUT2D eigenvalue weighted by Gasteiger charge is -2.42. The third kappa shape index (κ3) is 4.10. The summed E-state index contributed by atoms with van der Waals surface area (Å²) in [4.78, 5) is 26.0. The van der Waals surface area contributed by atoms with Crippen molar-refractivity contribution in [2.75, 3.05) is 19.7 Å². The molecule has 0 spiro atoms. The molecule has 2 aromatic carbocycles. The van der Waals surface area contributed by atoms with Crippen LogP contribution in [0.15, 0.2) is 36.4 Å². The van der Waals surface area contributed by atoms with E-state index in [2.05, 4.69) is 0 Å². The normalized spacial score (nSPS) is 19.8. The Bertz CT molecular complexity index is 889. The van der Waals surface area contributed by atoms with Gasteiger partial charge in [0, 0.05) is 13.0 Å². The fraction of sp³-hybridized carbons (Fsp3) is 0.263. The van der Waals surface area contributed by atoms with Crippen LogP contribution in [-0.2, 0) is 15.1 Å². The molecule has 0 N–H and O–H groups in total. The van der Waals surface area contributed by atoms with Gasteiger partial charge in [0.25, 0.3) is 5.91 Å². The molecule has 142 valence electrons. The zero-order chi connectivity index (χ0) is 19.6. The van der Waals surface area contributed by atoms with Gasteiger partial charge in [0.1, 0.15) is 11.9 Å². The second-order valence-corrected chi connectivity index (χ2v) is 7.77. The van der Waals surface area contributed by atoms with E-state index in [1.165, 1.54) is 0 Å². The summed E-state index contributed by atoms with van der Waals surface area (Å²) in [6.45, 7) is 0.799. The molecule has 1 fully saturated rings. The van der Waals surface area contributed by atoms with Crippen LogP contribution in [0.2, 0.25) is 20.1 Å². The van der Waals surface area contributed by atoms with Gasteiger partial charge < -0.3 is 14.4 Å². The zero-order valence-electron chi connectivity index (χ0n) is 14.1. The van der Waals surface area contributed by atoms with E-state index in [9.17, 15) is 9.59 Å². The smallest absolute Gasteiger partial charge is 0.255 e. The fourth-order valence-electron chi connectivity index (χ4n) is 3.13. The summed E-state index contributed by atoms with van der Waals surface area (Å²) in [6.07, 6.45) is 0.834. The van der Waals surface area contributed by atoms with E-state index in [0.29, 0.717) is 32.7 Å². The molecular formula is C19H15Cl4NO3. The predicted octanol–water partition coefficient (Wildman–Crippen LogP) is 5.26. The highest BCUT2D eigenvalue weighted by Gasteiger charge is 2.40. The van der Waals surface area contributed by atoms with E-state index >= 15 is 0 Å². The third-order valence-corrected chi connectivity index (χ3v) is 6.07. The molecule has 2 aromatic rings. The number of carbonyl (C=O) groups is 2. The largest absolute Gasteiger partial charge is 0.366 e. The van der Waals surface area contributed by atoms with Crippen molar-refractivity contribution in [1.29, 1.82) is 0 Å². The molecule has 1 amide bonds. The lowest BCUT2D eigenvalue weighted by atomic mass is 9.88. The van der Waals surface area contributed by atoms with Crippen LogP contribution in [0.1, 0.15) is 22.3 Å². The van der Waals surface area contributed by atoms with E-state index < -0.39 is 5.60 Å². The number of nitrogens with zero attached hydrogens (tertiary/aromatic N) is 1. The Morgan fingerprint density at radius 3 is 2.59 bits per heavy atom. The van der Waals surface area contributed by atoms with Gasteiger partial charge in [-0.15, -0.1) is 0 Å². The van der Waals surface area contributed by atoms with Crippen LogP contribution >= 0.6 is 46.4 Å². The summed E-state index contributed by atoms with van der Waals surface area (Å²) in [7, 11) is 0. The van der Waals surface area contributed by atoms with Crippen molar-refractivity contribution in [3.8, 4) is 0 Å². The van der Waals surface area contributed by atoms with Crippen LogP contribution in [0.5, 0.6) is 0 Å². The SMILES string of the molecule is O=CCC1(c2ccc(Cl)c(Cl)c2)CN(C(=O)c2cccc(Cl)c2Cl)CCO1. The van der Waals surface area contributed by atoms with Crippen molar-refractivity contribution in [3.05, 3.63) is 67.6 Å². The molecule has 1 unspecified atom stereocenters. The number of aldehydes is 1. The second-order valence-electron chi connectivity index (χ2n) is 6.17. The van der Waals surface area contributed by atoms with Gasteiger partial charge in [-0.05, 0) is 29.8 Å². The van der Waals surface area contributed by atoms with Gasteiger partial charge in [0.15, 0.2) is 0 Å². The minimum Gasteiger partial charge on any atom is -0.366 e. The first kappa shape index (κ1) is 20.4. The quantitative estimate of drug-likeness (QED) is 0.602. The van der Waals surface area contributed by atoms with E-state index in [1.54, 1.807) is 41.3 Å². The highest BCUT2D eigenvalue weighted by Crippen LogP contribution is 2.37. The van der Waals surface area contributed by atoms with Gasteiger partial charge in [-0.25, -0.2) is 0 Å². The van der Waals surface area contributed by atoms with E-state index in [0.717, 1.165) is 6.29 Å². The van der Waals surface area contributed by atoms with Gasteiger partial charge in [-0.3, -0.25) is 4.79 Å². The standard InChI is InChI=1S/C19H15Cl4NO3/c20-14-5-4-12(10-16(14)22)19(6-8-25)11-24(7-9-27-19)18(26)13-2-1-3-15(21)17(13)23/h1-5,8,10H,6-7,9,11H2. The van der Waals surface area contributed by atoms with Crippen LogP contribution < -0.4 is 0 Å². The maximum Gasteiger partial charge on any atom is 0.255 e. The number of amides is 1. The fourth-order valence-corrected chi connectivity index (χ4v) is 3.81. The average Bonchev–Trinajstić information content (AvgIpc) is 2.66. The number of hydrogen-bond donors (Lipinski definition) is 0. The molecule has 0 bridgehead atoms. The molecule has 3 rings (SSSR count). The number of carbonyl (C=O) groups excluding carboxylic acids is 2. The Morgan fingerprint density at radius 1 is 1.11 bits per heavy atom. The molecule has 1 heterocycles. The lowest BCUT2D eigenvalue weighted by Crippen LogP contribution is -2.52. The van der Waals surface area contributed by atoms with Crippen molar-refractivity contribution in [3.63, 3.8) is 0 Å². The third-order valence-electron chi connectivity index (χ3n) is 4.51. The monoisotopic (exact) mass is 445 g/mol. The molecule has 4 nitrogen and oxygen atoms in total. The molecule has 0 radical (unpaired) electrons. The van der Waals surface area contributed by atoms with Gasteiger partial charge in [0.05, 0.1) is 38.8 Å². The second kappa shape index (κ2) is 8.38. The minimum absolute atomic E-state index is 0.0675. The average molecular weight is 447 g/mol. The van der Waals surface area contributed by atoms with Crippen LogP contribution in [0.25, 0.3) is 0 Å². The summed E-state index contributed by atoms with van der Waals surface area (Å²) in [5.41, 5.74) is -0.0199. The number of halogens is 4. The first-order chi connectivity index (χ1) is 12.9. The topological polar surface area (TPSA) is 46.6 Å². The molecule has 1 aliphatic heterocycles. The molecule has 1 saturated heterocycles. The molecular weight excluding hydrogens is 432 g/mol. The Morgan fingerprint density at radius 2 is 1.89 bits per heavy atom. The molecule has 0 aromatic heterocycles. The van der Waals surface area contributed by atoms with Crippen molar-refractivity contribution >= 4 is 58.6 Å². The lowest BCUT2D eigenvalue weighted by molar-refractivity contribution is -0.129. The van der Waals surface area contributed by atoms with Gasteiger partial charge >= 0.3 is 0 Å². The number of hydrogen-bond acceptors (Lipinski definition) is 3. The van der Waals surface area contributed by atoms with E-state index in [1.807, 2.05) is 0 Å². The summed E-state index contributed by atoms with van der Waals surface area (Å²) < 4.78 is 5.97. The number of ether oxygens (including phenoxy) is 1. The Hall–Kier alpha value is -1.30. The molecule has 0 aliphatic carbocycles. The van der Waals surface area contributed by atoms with Crippen LogP contribution in [0, 0.1) is 0 Å². The Kier molecular flexibility index (Phi) is 6.34. The van der Waals surface area contributed by atoms with Crippen LogP contribution in [0.3, 0.4) is 0 Å². The summed E-state index contributed by atoms with van der Waals surface area (Å²) in [5.74, 6) is -0.277. The van der Waals surface area contributed by atoms with Crippen molar-refractivity contribution in [1.82, 2.24) is 4.90 Å². The molecule has 8 heteroatoms. The van der Waals surface area contributed by atoms with E-state index in [-0.39, 0.29) is 30.5 Å². The van der Waals surface area contributed by atoms with E-state index in [4.69, 9.17) is 51.1 Å². The first-order valence-electron chi connectivity index (χ1n) is 8.14. The maximum absolute atomic E-state index is 13.0. The highest BCUT2D eigenvalue weighted by molar-refractivity contribution is 6.44. The minimum atomic E-state index is -1.01. The summed E-state index contributed by atoms with van der Waals surface area (Å²) >= 11 is 24.4. The predicted molar refractivity (Wildman–Crippen MR) is 107 cm³/mol. The number of morpholine rings is 1. The molecule has 0 saturated carbocycles. The zero-order valence-corrected chi connectivity index (χ0v) is 17.1. The van der Waals surface area contributed by atoms with Gasteiger partial charge in [0.2, 0.25) is 0 Å². The van der Waals surface area contributed by atoms with Crippen molar-refractivity contribution in [2.24, 2.45) is 0 Å². The van der Waals surface area contributed by atoms with Crippen LogP contribution in [-0.4, -0.2) is 36.8 Å². The maximum atomic E-state index is 13.0. The Balaban J connectivity index is 1.96. The first-order valence-corrected chi connectivity index (χ1v) is 9.65. The number of rotatable bonds is 4.